The number of imidazole rings is 1. The molecule has 3 aromatic heterocycles. The van der Waals surface area contributed by atoms with Crippen LogP contribution < -0.4 is 0 Å². The van der Waals surface area contributed by atoms with Gasteiger partial charge in [0, 0.05) is 36.5 Å². The van der Waals surface area contributed by atoms with Crippen LogP contribution in [-0.4, -0.2) is 63.9 Å². The number of hydrogen-bond acceptors (Lipinski definition) is 8. The largest absolute Gasteiger partial charge is 0.411 e. The van der Waals surface area contributed by atoms with Crippen molar-refractivity contribution < 1.29 is 13.6 Å². The maximum Gasteiger partial charge on any atom is 0.312 e. The minimum atomic E-state index is -1.39. The van der Waals surface area contributed by atoms with Crippen LogP contribution in [0.25, 0.3) is 11.6 Å². The van der Waals surface area contributed by atoms with Crippen LogP contribution in [0.2, 0.25) is 0 Å². The summed E-state index contributed by atoms with van der Waals surface area (Å²) in [4.78, 5) is 22.7. The van der Waals surface area contributed by atoms with E-state index in [1.54, 1.807) is 22.5 Å². The van der Waals surface area contributed by atoms with Gasteiger partial charge in [0.05, 0.1) is 23.9 Å². The van der Waals surface area contributed by atoms with E-state index < -0.39 is 18.0 Å². The Labute approximate surface area is 219 Å². The number of carbonyl (C=O) groups excluding carboxylic acids is 1. The quantitative estimate of drug-likeness (QED) is 0.363. The van der Waals surface area contributed by atoms with Crippen LogP contribution in [0.5, 0.6) is 0 Å². The number of hydrazone groups is 1. The molecule has 2 aliphatic rings. The zero-order chi connectivity index (χ0) is 26.1. The summed E-state index contributed by atoms with van der Waals surface area (Å²) in [6.07, 6.45) is 13.1. The topological polar surface area (TPSA) is 121 Å². The molecule has 5 heterocycles. The molecule has 15 heteroatoms. The molecular formula is C22H25FN9O2P3. The number of alkyl halides is 1. The molecule has 5 atom stereocenters. The highest BCUT2D eigenvalue weighted by Gasteiger charge is 2.35. The molecule has 0 spiro atoms. The third-order valence-electron chi connectivity index (χ3n) is 5.93. The first-order valence-electron chi connectivity index (χ1n) is 11.4. The maximum atomic E-state index is 13.5. The van der Waals surface area contributed by atoms with Gasteiger partial charge in [0.25, 0.3) is 5.89 Å². The molecule has 4 unspecified atom stereocenters. The summed E-state index contributed by atoms with van der Waals surface area (Å²) in [6.45, 7) is 2.35. The van der Waals surface area contributed by atoms with E-state index in [4.69, 9.17) is 9.52 Å². The molecule has 5 rings (SSSR count). The lowest BCUT2D eigenvalue weighted by atomic mass is 10.0. The molecule has 0 bridgehead atoms. The second kappa shape index (κ2) is 10.7. The molecule has 0 aromatic carbocycles. The van der Waals surface area contributed by atoms with Crippen LogP contribution in [0.15, 0.2) is 63.8 Å². The number of aromatic nitrogens is 6. The summed E-state index contributed by atoms with van der Waals surface area (Å²) in [5.41, 5.74) is 3.93. The molecule has 0 radical (unpaired) electrons. The molecular weight excluding hydrogens is 534 g/mol. The number of amides is 1. The number of halogens is 1. The highest BCUT2D eigenvalue weighted by molar-refractivity contribution is 7.38. The maximum absolute atomic E-state index is 13.5. The molecule has 3 aromatic rings. The van der Waals surface area contributed by atoms with Crippen LogP contribution in [0.1, 0.15) is 41.1 Å². The Morgan fingerprint density at radius 3 is 2.92 bits per heavy atom. The van der Waals surface area contributed by atoms with Gasteiger partial charge in [-0.1, -0.05) is 21.4 Å². The normalized spacial score (nSPS) is 19.7. The standard InChI is InChI=1S/C22H25FN9O2P3/c1-2-15-12(21(35)36)4-3-7-31(15)26-10-16-17-13(24-11-25-17)5-8-30(16)20(33)19-28-27-18(34-19)14-6-9-32(29-14)22(23)37/h2-4,6-7,9-11,16,21-22H,5,8,35-37H2,1H3,(H,24,25)/b15-2-,26-10+/t16-,22?/m0/s1. The van der Waals surface area contributed by atoms with Gasteiger partial charge in [-0.2, -0.15) is 10.2 Å². The van der Waals surface area contributed by atoms with Crippen molar-refractivity contribution in [3.05, 3.63) is 71.6 Å². The number of fused-ring (bicyclic) bond motifs is 1. The van der Waals surface area contributed by atoms with Gasteiger partial charge in [-0.3, -0.25) is 4.79 Å². The monoisotopic (exact) mass is 559 g/mol. The average molecular weight is 559 g/mol. The number of nitrogens with zero attached hydrogens (tertiary/aromatic N) is 8. The van der Waals surface area contributed by atoms with E-state index in [0.29, 0.717) is 18.7 Å². The Balaban J connectivity index is 1.42. The van der Waals surface area contributed by atoms with Crippen molar-refractivity contribution in [3.8, 4) is 11.6 Å². The predicted octanol–water partition coefficient (Wildman–Crippen LogP) is 3.42. The molecule has 0 fully saturated rings. The number of nitrogens with one attached hydrogen (secondary N) is 1. The number of aromatic amines is 1. The van der Waals surface area contributed by atoms with E-state index in [0.717, 1.165) is 21.6 Å². The van der Waals surface area contributed by atoms with Gasteiger partial charge in [-0.05, 0) is 24.6 Å². The molecule has 0 saturated heterocycles. The van der Waals surface area contributed by atoms with Crippen molar-refractivity contribution in [2.75, 3.05) is 6.54 Å². The molecule has 2 aliphatic heterocycles. The number of carbonyl (C=O) groups is 1. The average Bonchev–Trinajstić information content (AvgIpc) is 3.66. The fraction of sp³-hybridized carbons (Fsp3) is 0.273. The smallest absolute Gasteiger partial charge is 0.312 e. The molecule has 37 heavy (non-hydrogen) atoms. The summed E-state index contributed by atoms with van der Waals surface area (Å²) in [5, 5.41) is 18.6. The molecule has 1 N–H and O–H groups in total. The fourth-order valence-electron chi connectivity index (χ4n) is 4.15. The van der Waals surface area contributed by atoms with E-state index in [1.165, 1.54) is 12.3 Å². The van der Waals surface area contributed by atoms with Crippen molar-refractivity contribution in [1.82, 2.24) is 39.9 Å². The Hall–Kier alpha value is -3.06. The third-order valence-corrected chi connectivity index (χ3v) is 6.95. The lowest BCUT2D eigenvalue weighted by Gasteiger charge is -2.32. The van der Waals surface area contributed by atoms with E-state index in [1.807, 2.05) is 40.6 Å². The van der Waals surface area contributed by atoms with Gasteiger partial charge in [0.15, 0.2) is 0 Å². The number of H-pyrrole nitrogens is 1. The van der Waals surface area contributed by atoms with Crippen molar-refractivity contribution in [2.45, 2.75) is 30.8 Å². The lowest BCUT2D eigenvalue weighted by molar-refractivity contribution is 0.0672. The second-order valence-corrected chi connectivity index (χ2v) is 11.0. The number of hydrogen-bond donors (Lipinski definition) is 1. The zero-order valence-electron chi connectivity index (χ0n) is 19.8. The third kappa shape index (κ3) is 5.06. The molecule has 0 saturated carbocycles. The molecule has 11 nitrogen and oxygen atoms in total. The van der Waals surface area contributed by atoms with E-state index in [-0.39, 0.29) is 22.9 Å². The SMILES string of the molecule is C/C=C1/C(C(P)P)=CC=CN1/N=C/[C@H]1c2nc[nH]c2CCN1C(=O)c1nnc(-c2ccn(C(F)P)n2)o1. The fourth-order valence-corrected chi connectivity index (χ4v) is 4.88. The van der Waals surface area contributed by atoms with Crippen molar-refractivity contribution >= 4 is 39.8 Å². The van der Waals surface area contributed by atoms with Gasteiger partial charge in [-0.15, -0.1) is 28.7 Å². The molecule has 1 amide bonds. The van der Waals surface area contributed by atoms with Gasteiger partial charge in [0.2, 0.25) is 6.04 Å². The lowest BCUT2D eigenvalue weighted by Crippen LogP contribution is -2.41. The first-order chi connectivity index (χ1) is 17.9. The first kappa shape index (κ1) is 25.6. The van der Waals surface area contributed by atoms with E-state index >= 15 is 0 Å². The van der Waals surface area contributed by atoms with Gasteiger partial charge in [-0.25, -0.2) is 19.1 Å². The zero-order valence-corrected chi connectivity index (χ0v) is 23.2. The highest BCUT2D eigenvalue weighted by atomic mass is 31.1. The summed E-state index contributed by atoms with van der Waals surface area (Å²) in [7, 11) is 7.52. The summed E-state index contributed by atoms with van der Waals surface area (Å²) >= 11 is 0. The summed E-state index contributed by atoms with van der Waals surface area (Å²) in [6, 6.07) is -0.422. The molecule has 192 valence electrons. The highest BCUT2D eigenvalue weighted by Crippen LogP contribution is 2.32. The van der Waals surface area contributed by atoms with E-state index in [9.17, 15) is 9.18 Å². The predicted molar refractivity (Wildman–Crippen MR) is 146 cm³/mol. The summed E-state index contributed by atoms with van der Waals surface area (Å²) in [5.74, 6) is -0.639. The van der Waals surface area contributed by atoms with Gasteiger partial charge < -0.3 is 14.3 Å². The number of allylic oxidation sites excluding steroid dienone is 4. The van der Waals surface area contributed by atoms with Crippen molar-refractivity contribution in [3.63, 3.8) is 0 Å². The Morgan fingerprint density at radius 2 is 2.19 bits per heavy atom. The molecule has 0 aliphatic carbocycles. The van der Waals surface area contributed by atoms with Crippen molar-refractivity contribution in [2.24, 2.45) is 5.10 Å². The minimum absolute atomic E-state index is 0.0235. The van der Waals surface area contributed by atoms with E-state index in [2.05, 4.69) is 43.7 Å². The second-order valence-electron chi connectivity index (χ2n) is 8.20. The van der Waals surface area contributed by atoms with Crippen LogP contribution in [0, 0.1) is 0 Å². The van der Waals surface area contributed by atoms with Crippen LogP contribution in [-0.2, 0) is 6.42 Å². The van der Waals surface area contributed by atoms with Crippen molar-refractivity contribution in [1.29, 1.82) is 0 Å². The van der Waals surface area contributed by atoms with Crippen LogP contribution in [0.4, 0.5) is 4.39 Å². The van der Waals surface area contributed by atoms with Crippen LogP contribution >= 0.6 is 27.7 Å². The minimum Gasteiger partial charge on any atom is -0.411 e. The van der Waals surface area contributed by atoms with Gasteiger partial charge in [0.1, 0.15) is 11.7 Å². The Kier molecular flexibility index (Phi) is 7.43. The first-order valence-corrected chi connectivity index (χ1v) is 13.4. The van der Waals surface area contributed by atoms with Crippen LogP contribution in [0.3, 0.4) is 0 Å². The summed E-state index contributed by atoms with van der Waals surface area (Å²) < 4.78 is 20.2. The van der Waals surface area contributed by atoms with Gasteiger partial charge >= 0.3 is 11.8 Å². The Morgan fingerprint density at radius 1 is 1.35 bits per heavy atom. The number of rotatable bonds is 6. The Bertz CT molecular complexity index is 1420.